The topological polar surface area (TPSA) is 66.6 Å². The van der Waals surface area contributed by atoms with Crippen LogP contribution in [0.4, 0.5) is 0 Å². The van der Waals surface area contributed by atoms with E-state index >= 15 is 0 Å². The molecule has 1 atom stereocenters. The summed E-state index contributed by atoms with van der Waals surface area (Å²) in [6.07, 6.45) is 0.509. The molecule has 1 rings (SSSR count). The molecule has 1 aliphatic heterocycles. The van der Waals surface area contributed by atoms with Gasteiger partial charge in [0.15, 0.2) is 0 Å². The number of amides is 2. The summed E-state index contributed by atoms with van der Waals surface area (Å²) in [5.41, 5.74) is 5.52. The SMILES string of the molecule is CC(CN)CC(=O)N1CCN(C(=O)C(C)C)CC1. The fourth-order valence-electron chi connectivity index (χ4n) is 2.05. The zero-order valence-corrected chi connectivity index (χ0v) is 11.7. The summed E-state index contributed by atoms with van der Waals surface area (Å²) >= 11 is 0. The van der Waals surface area contributed by atoms with Gasteiger partial charge < -0.3 is 15.5 Å². The van der Waals surface area contributed by atoms with E-state index in [9.17, 15) is 9.59 Å². The third kappa shape index (κ3) is 3.98. The predicted molar refractivity (Wildman–Crippen MR) is 70.8 cm³/mol. The van der Waals surface area contributed by atoms with Crippen molar-refractivity contribution in [3.63, 3.8) is 0 Å². The van der Waals surface area contributed by atoms with Crippen LogP contribution < -0.4 is 5.73 Å². The summed E-state index contributed by atoms with van der Waals surface area (Å²) in [5, 5.41) is 0. The van der Waals surface area contributed by atoms with E-state index in [0.717, 1.165) is 0 Å². The van der Waals surface area contributed by atoms with Crippen molar-refractivity contribution in [2.75, 3.05) is 32.7 Å². The number of nitrogens with two attached hydrogens (primary N) is 1. The van der Waals surface area contributed by atoms with Crippen LogP contribution in [0.2, 0.25) is 0 Å². The van der Waals surface area contributed by atoms with E-state index in [1.54, 1.807) is 0 Å². The van der Waals surface area contributed by atoms with E-state index < -0.39 is 0 Å². The van der Waals surface area contributed by atoms with Crippen molar-refractivity contribution in [2.45, 2.75) is 27.2 Å². The molecule has 1 fully saturated rings. The van der Waals surface area contributed by atoms with Crippen LogP contribution in [0.15, 0.2) is 0 Å². The van der Waals surface area contributed by atoms with E-state index in [2.05, 4.69) is 0 Å². The molecule has 5 heteroatoms. The first-order valence-electron chi connectivity index (χ1n) is 6.72. The summed E-state index contributed by atoms with van der Waals surface area (Å²) in [5.74, 6) is 0.597. The Kier molecular flexibility index (Phi) is 5.59. The van der Waals surface area contributed by atoms with Crippen molar-refractivity contribution < 1.29 is 9.59 Å². The van der Waals surface area contributed by atoms with Crippen LogP contribution in [-0.4, -0.2) is 54.3 Å². The molecule has 2 amide bonds. The molecule has 2 N–H and O–H groups in total. The highest BCUT2D eigenvalue weighted by Gasteiger charge is 2.25. The predicted octanol–water partition coefficient (Wildman–Crippen LogP) is 0.298. The maximum Gasteiger partial charge on any atom is 0.225 e. The van der Waals surface area contributed by atoms with Crippen LogP contribution in [0.1, 0.15) is 27.2 Å². The molecule has 0 spiro atoms. The lowest BCUT2D eigenvalue weighted by Crippen LogP contribution is -2.51. The van der Waals surface area contributed by atoms with Gasteiger partial charge in [-0.25, -0.2) is 0 Å². The number of hydrogen-bond acceptors (Lipinski definition) is 3. The third-order valence-electron chi connectivity index (χ3n) is 3.36. The fraction of sp³-hybridized carbons (Fsp3) is 0.846. The van der Waals surface area contributed by atoms with Crippen molar-refractivity contribution >= 4 is 11.8 Å². The minimum atomic E-state index is 0.0320. The lowest BCUT2D eigenvalue weighted by Gasteiger charge is -2.36. The van der Waals surface area contributed by atoms with Gasteiger partial charge in [0.2, 0.25) is 11.8 Å². The lowest BCUT2D eigenvalue weighted by atomic mass is 10.1. The third-order valence-corrected chi connectivity index (χ3v) is 3.36. The zero-order chi connectivity index (χ0) is 13.7. The van der Waals surface area contributed by atoms with Gasteiger partial charge in [0.05, 0.1) is 0 Å². The van der Waals surface area contributed by atoms with E-state index in [4.69, 9.17) is 5.73 Å². The first-order chi connectivity index (χ1) is 8.45. The number of carbonyl (C=O) groups excluding carboxylic acids is 2. The number of carbonyl (C=O) groups is 2. The number of rotatable bonds is 4. The van der Waals surface area contributed by atoms with Gasteiger partial charge in [0.25, 0.3) is 0 Å². The van der Waals surface area contributed by atoms with Crippen LogP contribution in [0.25, 0.3) is 0 Å². The molecule has 0 radical (unpaired) electrons. The van der Waals surface area contributed by atoms with Gasteiger partial charge in [0, 0.05) is 38.5 Å². The summed E-state index contributed by atoms with van der Waals surface area (Å²) in [4.78, 5) is 27.4. The highest BCUT2D eigenvalue weighted by atomic mass is 16.2. The van der Waals surface area contributed by atoms with Crippen molar-refractivity contribution in [3.8, 4) is 0 Å². The smallest absolute Gasteiger partial charge is 0.225 e. The van der Waals surface area contributed by atoms with Crippen LogP contribution in [0.5, 0.6) is 0 Å². The molecule has 1 aliphatic rings. The lowest BCUT2D eigenvalue weighted by molar-refractivity contribution is -0.141. The molecular weight excluding hydrogens is 230 g/mol. The number of piperazine rings is 1. The Morgan fingerprint density at radius 3 is 2.00 bits per heavy atom. The first-order valence-corrected chi connectivity index (χ1v) is 6.72. The van der Waals surface area contributed by atoms with Gasteiger partial charge >= 0.3 is 0 Å². The second-order valence-electron chi connectivity index (χ2n) is 5.41. The van der Waals surface area contributed by atoms with Gasteiger partial charge in [-0.2, -0.15) is 0 Å². The Labute approximate surface area is 109 Å². The van der Waals surface area contributed by atoms with Gasteiger partial charge in [0.1, 0.15) is 0 Å². The highest BCUT2D eigenvalue weighted by molar-refractivity contribution is 5.79. The second kappa shape index (κ2) is 6.73. The maximum absolute atomic E-state index is 11.9. The zero-order valence-electron chi connectivity index (χ0n) is 11.7. The molecule has 0 bridgehead atoms. The molecule has 104 valence electrons. The van der Waals surface area contributed by atoms with E-state index in [0.29, 0.717) is 39.1 Å². The summed E-state index contributed by atoms with van der Waals surface area (Å²) in [7, 11) is 0. The van der Waals surface area contributed by atoms with Crippen LogP contribution >= 0.6 is 0 Å². The maximum atomic E-state index is 11.9. The molecule has 0 saturated carbocycles. The summed E-state index contributed by atoms with van der Waals surface area (Å²) in [6.45, 7) is 8.93. The average Bonchev–Trinajstić information content (AvgIpc) is 2.37. The number of nitrogens with zero attached hydrogens (tertiary/aromatic N) is 2. The summed E-state index contributed by atoms with van der Waals surface area (Å²) < 4.78 is 0. The molecule has 0 aromatic heterocycles. The molecular formula is C13H25N3O2. The fourth-order valence-corrected chi connectivity index (χ4v) is 2.05. The average molecular weight is 255 g/mol. The Morgan fingerprint density at radius 2 is 1.56 bits per heavy atom. The van der Waals surface area contributed by atoms with Gasteiger partial charge in [-0.3, -0.25) is 9.59 Å². The van der Waals surface area contributed by atoms with E-state index in [-0.39, 0.29) is 23.7 Å². The Balaban J connectivity index is 2.39. The Hall–Kier alpha value is -1.10. The Morgan fingerprint density at radius 1 is 1.06 bits per heavy atom. The van der Waals surface area contributed by atoms with Crippen LogP contribution in [0, 0.1) is 11.8 Å². The minimum Gasteiger partial charge on any atom is -0.339 e. The minimum absolute atomic E-state index is 0.0320. The van der Waals surface area contributed by atoms with E-state index in [1.165, 1.54) is 0 Å². The van der Waals surface area contributed by atoms with Crippen LogP contribution in [0.3, 0.4) is 0 Å². The van der Waals surface area contributed by atoms with Crippen molar-refractivity contribution in [2.24, 2.45) is 17.6 Å². The van der Waals surface area contributed by atoms with E-state index in [1.807, 2.05) is 30.6 Å². The van der Waals surface area contributed by atoms with Gasteiger partial charge in [-0.1, -0.05) is 20.8 Å². The molecule has 5 nitrogen and oxygen atoms in total. The van der Waals surface area contributed by atoms with Gasteiger partial charge in [-0.05, 0) is 12.5 Å². The largest absolute Gasteiger partial charge is 0.339 e. The summed E-state index contributed by atoms with van der Waals surface area (Å²) in [6, 6.07) is 0. The standard InChI is InChI=1S/C13H25N3O2/c1-10(2)13(18)16-6-4-15(5-7-16)12(17)8-11(3)9-14/h10-11H,4-9,14H2,1-3H3. The molecule has 1 saturated heterocycles. The first kappa shape index (κ1) is 15.0. The molecule has 18 heavy (non-hydrogen) atoms. The molecule has 0 aromatic rings. The van der Waals surface area contributed by atoms with Crippen molar-refractivity contribution in [1.82, 2.24) is 9.80 Å². The molecule has 0 aliphatic carbocycles. The normalized spacial score (nSPS) is 18.1. The van der Waals surface area contributed by atoms with Crippen molar-refractivity contribution in [1.29, 1.82) is 0 Å². The number of hydrogen-bond donors (Lipinski definition) is 1. The molecule has 1 heterocycles. The highest BCUT2D eigenvalue weighted by Crippen LogP contribution is 2.10. The molecule has 0 aromatic carbocycles. The van der Waals surface area contributed by atoms with Crippen molar-refractivity contribution in [3.05, 3.63) is 0 Å². The monoisotopic (exact) mass is 255 g/mol. The quantitative estimate of drug-likeness (QED) is 0.785. The Bertz CT molecular complexity index is 297. The van der Waals surface area contributed by atoms with Crippen LogP contribution in [-0.2, 0) is 9.59 Å². The van der Waals surface area contributed by atoms with Gasteiger partial charge in [-0.15, -0.1) is 0 Å². The molecule has 1 unspecified atom stereocenters. The second-order valence-corrected chi connectivity index (χ2v) is 5.41.